The molecule has 1 aromatic heterocycles. The van der Waals surface area contributed by atoms with Crippen molar-refractivity contribution in [3.05, 3.63) is 57.4 Å². The van der Waals surface area contributed by atoms with Crippen molar-refractivity contribution in [3.63, 3.8) is 0 Å². The molecule has 0 fully saturated rings. The van der Waals surface area contributed by atoms with E-state index in [1.807, 2.05) is 19.9 Å². The number of nitro groups is 1. The van der Waals surface area contributed by atoms with Gasteiger partial charge in [0.25, 0.3) is 5.69 Å². The number of nitro benzene ring substituents is 1. The van der Waals surface area contributed by atoms with Crippen molar-refractivity contribution in [1.29, 1.82) is 0 Å². The lowest BCUT2D eigenvalue weighted by atomic mass is 10.2. The first-order valence-corrected chi connectivity index (χ1v) is 5.92. The molecule has 0 aliphatic carbocycles. The summed E-state index contributed by atoms with van der Waals surface area (Å²) in [5.74, 6) is -0.114. The van der Waals surface area contributed by atoms with E-state index in [-0.39, 0.29) is 17.1 Å². The summed E-state index contributed by atoms with van der Waals surface area (Å²) in [5, 5.41) is 20.3. The lowest BCUT2D eigenvalue weighted by Gasteiger charge is -2.01. The van der Waals surface area contributed by atoms with E-state index in [2.05, 4.69) is 9.98 Å². The van der Waals surface area contributed by atoms with Gasteiger partial charge in [-0.25, -0.2) is 0 Å². The van der Waals surface area contributed by atoms with Crippen molar-refractivity contribution >= 4 is 17.6 Å². The first kappa shape index (κ1) is 13.7. The number of aromatic hydroxyl groups is 1. The highest BCUT2D eigenvalue weighted by Crippen LogP contribution is 2.30. The Bertz CT molecular complexity index is 696. The molecule has 0 aliphatic heterocycles. The van der Waals surface area contributed by atoms with Crippen molar-refractivity contribution in [2.45, 2.75) is 13.8 Å². The first-order valence-electron chi connectivity index (χ1n) is 5.92. The quantitative estimate of drug-likeness (QED) is 0.528. The van der Waals surface area contributed by atoms with Crippen LogP contribution in [0.2, 0.25) is 0 Å². The standard InChI is InChI=1S/C14H13N3O3/c1-9-5-10(2)13(15-7-9)8-16-12-6-11(17(19)20)3-4-14(12)18/h3-8,18H,1-2H3. The van der Waals surface area contributed by atoms with Crippen LogP contribution < -0.4 is 0 Å². The summed E-state index contributed by atoms with van der Waals surface area (Å²) in [4.78, 5) is 18.4. The van der Waals surface area contributed by atoms with Crippen molar-refractivity contribution < 1.29 is 10.0 Å². The monoisotopic (exact) mass is 271 g/mol. The fraction of sp³-hybridized carbons (Fsp3) is 0.143. The van der Waals surface area contributed by atoms with Gasteiger partial charge in [-0.05, 0) is 31.0 Å². The molecule has 6 heteroatoms. The minimum atomic E-state index is -0.534. The van der Waals surface area contributed by atoms with Gasteiger partial charge in [0.1, 0.15) is 11.4 Å². The molecule has 0 amide bonds. The van der Waals surface area contributed by atoms with Gasteiger partial charge in [0.2, 0.25) is 0 Å². The van der Waals surface area contributed by atoms with Crippen molar-refractivity contribution in [2.75, 3.05) is 0 Å². The third-order valence-corrected chi connectivity index (χ3v) is 2.75. The molecule has 2 aromatic rings. The Labute approximate surface area is 115 Å². The van der Waals surface area contributed by atoms with Crippen LogP contribution in [0, 0.1) is 24.0 Å². The lowest BCUT2D eigenvalue weighted by Crippen LogP contribution is -1.93. The summed E-state index contributed by atoms with van der Waals surface area (Å²) >= 11 is 0. The van der Waals surface area contributed by atoms with Gasteiger partial charge in [-0.2, -0.15) is 0 Å². The van der Waals surface area contributed by atoms with Crippen LogP contribution in [0.15, 0.2) is 35.5 Å². The smallest absolute Gasteiger partial charge is 0.271 e. The number of aryl methyl sites for hydroxylation is 2. The average molecular weight is 271 g/mol. The maximum atomic E-state index is 10.7. The number of aromatic nitrogens is 1. The van der Waals surface area contributed by atoms with Gasteiger partial charge in [-0.1, -0.05) is 6.07 Å². The number of phenolic OH excluding ortho intramolecular Hbond substituents is 1. The number of non-ortho nitro benzene ring substituents is 1. The van der Waals surface area contributed by atoms with Crippen molar-refractivity contribution in [2.24, 2.45) is 4.99 Å². The number of pyridine rings is 1. The maximum Gasteiger partial charge on any atom is 0.271 e. The van der Waals surface area contributed by atoms with Crippen LogP contribution in [-0.2, 0) is 0 Å². The fourth-order valence-electron chi connectivity index (χ4n) is 1.72. The molecule has 1 N–H and O–H groups in total. The number of hydrogen-bond acceptors (Lipinski definition) is 5. The number of phenols is 1. The van der Waals surface area contributed by atoms with E-state index in [1.54, 1.807) is 6.20 Å². The van der Waals surface area contributed by atoms with E-state index in [9.17, 15) is 15.2 Å². The van der Waals surface area contributed by atoms with Crippen molar-refractivity contribution in [1.82, 2.24) is 4.98 Å². The molecular weight excluding hydrogens is 258 g/mol. The Balaban J connectivity index is 2.35. The number of aliphatic imine (C=N–C) groups is 1. The van der Waals surface area contributed by atoms with Crippen LogP contribution in [0.5, 0.6) is 5.75 Å². The summed E-state index contributed by atoms with van der Waals surface area (Å²) in [5.41, 5.74) is 2.66. The maximum absolute atomic E-state index is 10.7. The third-order valence-electron chi connectivity index (χ3n) is 2.75. The molecule has 0 unspecified atom stereocenters. The van der Waals surface area contributed by atoms with Crippen LogP contribution in [0.3, 0.4) is 0 Å². The summed E-state index contributed by atoms with van der Waals surface area (Å²) in [6, 6.07) is 5.65. The van der Waals surface area contributed by atoms with E-state index < -0.39 is 4.92 Å². The van der Waals surface area contributed by atoms with Gasteiger partial charge in [0.15, 0.2) is 0 Å². The molecule has 1 aromatic carbocycles. The third kappa shape index (κ3) is 2.97. The second-order valence-corrected chi connectivity index (χ2v) is 4.40. The Kier molecular flexibility index (Phi) is 3.74. The Morgan fingerprint density at radius 2 is 2.10 bits per heavy atom. The predicted octanol–water partition coefficient (Wildman–Crippen LogP) is 3.06. The predicted molar refractivity (Wildman–Crippen MR) is 75.7 cm³/mol. The van der Waals surface area contributed by atoms with Gasteiger partial charge < -0.3 is 5.11 Å². The molecule has 2 rings (SSSR count). The van der Waals surface area contributed by atoms with Gasteiger partial charge >= 0.3 is 0 Å². The minimum absolute atomic E-state index is 0.114. The van der Waals surface area contributed by atoms with E-state index in [4.69, 9.17) is 0 Å². The minimum Gasteiger partial charge on any atom is -0.506 e. The summed E-state index contributed by atoms with van der Waals surface area (Å²) in [7, 11) is 0. The fourth-order valence-corrected chi connectivity index (χ4v) is 1.72. The topological polar surface area (TPSA) is 88.6 Å². The highest BCUT2D eigenvalue weighted by Gasteiger charge is 2.09. The number of benzene rings is 1. The first-order chi connectivity index (χ1) is 9.47. The number of rotatable bonds is 3. The van der Waals surface area contributed by atoms with Crippen LogP contribution in [0.1, 0.15) is 16.8 Å². The Morgan fingerprint density at radius 3 is 2.75 bits per heavy atom. The summed E-state index contributed by atoms with van der Waals surface area (Å²) in [6.07, 6.45) is 3.19. The molecule has 6 nitrogen and oxygen atoms in total. The molecule has 0 spiro atoms. The number of hydrogen-bond donors (Lipinski definition) is 1. The second kappa shape index (κ2) is 5.48. The Hall–Kier alpha value is -2.76. The zero-order valence-electron chi connectivity index (χ0n) is 11.1. The SMILES string of the molecule is Cc1cnc(C=Nc2cc([N+](=O)[O-])ccc2O)c(C)c1. The molecule has 1 heterocycles. The molecule has 20 heavy (non-hydrogen) atoms. The van der Waals surface area contributed by atoms with E-state index in [1.165, 1.54) is 24.4 Å². The van der Waals surface area contributed by atoms with Crippen LogP contribution in [0.25, 0.3) is 0 Å². The zero-order valence-corrected chi connectivity index (χ0v) is 11.1. The van der Waals surface area contributed by atoms with Gasteiger partial charge in [-0.3, -0.25) is 20.1 Å². The van der Waals surface area contributed by atoms with Gasteiger partial charge in [0.05, 0.1) is 16.8 Å². The normalized spacial score (nSPS) is 10.9. The van der Waals surface area contributed by atoms with E-state index >= 15 is 0 Å². The van der Waals surface area contributed by atoms with E-state index in [0.29, 0.717) is 5.69 Å². The largest absolute Gasteiger partial charge is 0.506 e. The van der Waals surface area contributed by atoms with E-state index in [0.717, 1.165) is 11.1 Å². The van der Waals surface area contributed by atoms with Gasteiger partial charge in [-0.15, -0.1) is 0 Å². The average Bonchev–Trinajstić information content (AvgIpc) is 2.39. The second-order valence-electron chi connectivity index (χ2n) is 4.40. The zero-order chi connectivity index (χ0) is 14.7. The van der Waals surface area contributed by atoms with Gasteiger partial charge in [0, 0.05) is 18.3 Å². The van der Waals surface area contributed by atoms with Crippen LogP contribution in [-0.4, -0.2) is 21.2 Å². The summed E-state index contributed by atoms with van der Waals surface area (Å²) in [6.45, 7) is 3.84. The Morgan fingerprint density at radius 1 is 1.35 bits per heavy atom. The molecule has 0 saturated heterocycles. The molecule has 0 radical (unpaired) electrons. The molecule has 0 atom stereocenters. The van der Waals surface area contributed by atoms with Crippen molar-refractivity contribution in [3.8, 4) is 5.75 Å². The highest BCUT2D eigenvalue weighted by atomic mass is 16.6. The molecule has 0 bridgehead atoms. The molecule has 102 valence electrons. The van der Waals surface area contributed by atoms with Crippen LogP contribution in [0.4, 0.5) is 11.4 Å². The molecule has 0 saturated carbocycles. The lowest BCUT2D eigenvalue weighted by molar-refractivity contribution is -0.384. The molecule has 0 aliphatic rings. The molecular formula is C14H13N3O3. The summed E-state index contributed by atoms with van der Waals surface area (Å²) < 4.78 is 0. The highest BCUT2D eigenvalue weighted by molar-refractivity contribution is 5.82. The number of nitrogens with zero attached hydrogens (tertiary/aromatic N) is 3. The van der Waals surface area contributed by atoms with Crippen LogP contribution >= 0.6 is 0 Å².